The summed E-state index contributed by atoms with van der Waals surface area (Å²) in [4.78, 5) is 21.0. The summed E-state index contributed by atoms with van der Waals surface area (Å²) in [5.74, 6) is -1.17. The van der Waals surface area contributed by atoms with Gasteiger partial charge < -0.3 is 5.11 Å². The van der Waals surface area contributed by atoms with E-state index in [0.717, 1.165) is 11.8 Å². The number of rotatable bonds is 4. The van der Waals surface area contributed by atoms with Gasteiger partial charge in [-0.05, 0) is 13.0 Å². The van der Waals surface area contributed by atoms with Gasteiger partial charge in [0.1, 0.15) is 0 Å². The average molecular weight is 227 g/mol. The maximum absolute atomic E-state index is 10.7. The van der Waals surface area contributed by atoms with Crippen molar-refractivity contribution in [2.24, 2.45) is 0 Å². The number of aliphatic carboxylic acids is 1. The standard InChI is InChI=1S/C9H9NO4S/c1-6-3-2-4-7(9(6)10(13)14)15-5-8(11)12/h2-4H,5H2,1H3,(H,11,12). The number of aryl methyl sites for hydroxylation is 1. The first-order chi connectivity index (χ1) is 7.02. The molecule has 0 bridgehead atoms. The summed E-state index contributed by atoms with van der Waals surface area (Å²) in [5.41, 5.74) is 0.527. The zero-order valence-electron chi connectivity index (χ0n) is 7.97. The van der Waals surface area contributed by atoms with Gasteiger partial charge in [0.15, 0.2) is 0 Å². The molecule has 0 spiro atoms. The van der Waals surface area contributed by atoms with Crippen molar-refractivity contribution in [3.8, 4) is 0 Å². The van der Waals surface area contributed by atoms with Crippen molar-refractivity contribution in [1.29, 1.82) is 0 Å². The van der Waals surface area contributed by atoms with E-state index < -0.39 is 10.9 Å². The minimum atomic E-state index is -0.990. The van der Waals surface area contributed by atoms with Gasteiger partial charge in [0, 0.05) is 5.56 Å². The number of hydrogen-bond acceptors (Lipinski definition) is 4. The number of thioether (sulfide) groups is 1. The first-order valence-corrected chi connectivity index (χ1v) is 5.09. The third-order valence-electron chi connectivity index (χ3n) is 1.73. The van der Waals surface area contributed by atoms with Crippen LogP contribution in [0.5, 0.6) is 0 Å². The number of benzene rings is 1. The van der Waals surface area contributed by atoms with E-state index >= 15 is 0 Å². The highest BCUT2D eigenvalue weighted by molar-refractivity contribution is 8.00. The van der Waals surface area contributed by atoms with E-state index in [1.54, 1.807) is 25.1 Å². The van der Waals surface area contributed by atoms with Gasteiger partial charge in [0.05, 0.1) is 15.6 Å². The molecular formula is C9H9NO4S. The van der Waals surface area contributed by atoms with Gasteiger partial charge in [-0.2, -0.15) is 0 Å². The number of nitrogens with zero attached hydrogens (tertiary/aromatic N) is 1. The van der Waals surface area contributed by atoms with E-state index in [2.05, 4.69) is 0 Å². The molecule has 0 saturated carbocycles. The van der Waals surface area contributed by atoms with Crippen LogP contribution in [0.3, 0.4) is 0 Å². The number of carbonyl (C=O) groups is 1. The maximum Gasteiger partial charge on any atom is 0.313 e. The molecule has 0 aromatic heterocycles. The SMILES string of the molecule is Cc1cccc(SCC(=O)O)c1[N+](=O)[O-]. The van der Waals surface area contributed by atoms with Crippen LogP contribution in [0.4, 0.5) is 5.69 Å². The Morgan fingerprint density at radius 3 is 2.80 bits per heavy atom. The topological polar surface area (TPSA) is 80.4 Å². The Morgan fingerprint density at radius 1 is 1.60 bits per heavy atom. The zero-order chi connectivity index (χ0) is 11.4. The number of carboxylic acids is 1. The quantitative estimate of drug-likeness (QED) is 0.484. The molecule has 0 aliphatic rings. The predicted octanol–water partition coefficient (Wildman–Crippen LogP) is 2.08. The smallest absolute Gasteiger partial charge is 0.313 e. The highest BCUT2D eigenvalue weighted by atomic mass is 32.2. The van der Waals surface area contributed by atoms with Crippen molar-refractivity contribution in [3.05, 3.63) is 33.9 Å². The van der Waals surface area contributed by atoms with Crippen LogP contribution in [0.2, 0.25) is 0 Å². The van der Waals surface area contributed by atoms with Crippen LogP contribution in [0.1, 0.15) is 5.56 Å². The fourth-order valence-corrected chi connectivity index (χ4v) is 1.95. The molecule has 1 aromatic rings. The Hall–Kier alpha value is -1.56. The van der Waals surface area contributed by atoms with Gasteiger partial charge in [-0.3, -0.25) is 14.9 Å². The molecule has 1 aromatic carbocycles. The first-order valence-electron chi connectivity index (χ1n) is 4.11. The lowest BCUT2D eigenvalue weighted by atomic mass is 10.2. The van der Waals surface area contributed by atoms with E-state index in [9.17, 15) is 14.9 Å². The largest absolute Gasteiger partial charge is 0.481 e. The van der Waals surface area contributed by atoms with Gasteiger partial charge in [0.25, 0.3) is 5.69 Å². The zero-order valence-corrected chi connectivity index (χ0v) is 8.78. The molecule has 0 radical (unpaired) electrons. The van der Waals surface area contributed by atoms with Gasteiger partial charge in [-0.25, -0.2) is 0 Å². The van der Waals surface area contributed by atoms with Crippen LogP contribution in [-0.2, 0) is 4.79 Å². The summed E-state index contributed by atoms with van der Waals surface area (Å²) in [6.07, 6.45) is 0. The molecule has 0 atom stereocenters. The highest BCUT2D eigenvalue weighted by Crippen LogP contribution is 2.31. The molecule has 0 amide bonds. The predicted molar refractivity (Wildman–Crippen MR) is 56.2 cm³/mol. The summed E-state index contributed by atoms with van der Waals surface area (Å²) in [5, 5.41) is 19.2. The highest BCUT2D eigenvalue weighted by Gasteiger charge is 2.17. The normalized spacial score (nSPS) is 9.93. The Labute approximate surface area is 90.3 Å². The van der Waals surface area contributed by atoms with Gasteiger partial charge in [0.2, 0.25) is 0 Å². The Kier molecular flexibility index (Phi) is 3.68. The molecule has 0 heterocycles. The van der Waals surface area contributed by atoms with Gasteiger partial charge >= 0.3 is 5.97 Å². The van der Waals surface area contributed by atoms with Crippen molar-refractivity contribution in [2.45, 2.75) is 11.8 Å². The number of carboxylic acid groups (broad SMARTS) is 1. The Balaban J connectivity index is 3.01. The molecular weight excluding hydrogens is 218 g/mol. The van der Waals surface area contributed by atoms with Crippen LogP contribution in [-0.4, -0.2) is 21.8 Å². The summed E-state index contributed by atoms with van der Waals surface area (Å²) < 4.78 is 0. The molecule has 5 nitrogen and oxygen atoms in total. The molecule has 0 saturated heterocycles. The van der Waals surface area contributed by atoms with Gasteiger partial charge in [-0.15, -0.1) is 11.8 Å². The van der Waals surface area contributed by atoms with Crippen molar-refractivity contribution in [2.75, 3.05) is 5.75 Å². The molecule has 15 heavy (non-hydrogen) atoms. The molecule has 6 heteroatoms. The second-order valence-electron chi connectivity index (χ2n) is 2.86. The fraction of sp³-hybridized carbons (Fsp3) is 0.222. The number of hydrogen-bond donors (Lipinski definition) is 1. The molecule has 0 fully saturated rings. The molecule has 1 rings (SSSR count). The van der Waals surface area contributed by atoms with Crippen LogP contribution < -0.4 is 0 Å². The summed E-state index contributed by atoms with van der Waals surface area (Å²) >= 11 is 0.956. The van der Waals surface area contributed by atoms with Crippen molar-refractivity contribution < 1.29 is 14.8 Å². The van der Waals surface area contributed by atoms with E-state index in [1.807, 2.05) is 0 Å². The summed E-state index contributed by atoms with van der Waals surface area (Å²) in [6, 6.07) is 4.86. The third-order valence-corrected chi connectivity index (χ3v) is 2.77. The van der Waals surface area contributed by atoms with E-state index in [0.29, 0.717) is 10.5 Å². The molecule has 80 valence electrons. The molecule has 0 aliphatic carbocycles. The lowest BCUT2D eigenvalue weighted by Crippen LogP contribution is -1.99. The van der Waals surface area contributed by atoms with Crippen LogP contribution in [0.25, 0.3) is 0 Å². The van der Waals surface area contributed by atoms with Crippen molar-refractivity contribution in [3.63, 3.8) is 0 Å². The summed E-state index contributed by atoms with van der Waals surface area (Å²) in [6.45, 7) is 1.63. The Bertz CT molecular complexity index is 405. The second kappa shape index (κ2) is 4.79. The van der Waals surface area contributed by atoms with Gasteiger partial charge in [-0.1, -0.05) is 12.1 Å². The van der Waals surface area contributed by atoms with E-state index in [4.69, 9.17) is 5.11 Å². The molecule has 0 aliphatic heterocycles. The molecule has 1 N–H and O–H groups in total. The monoisotopic (exact) mass is 227 g/mol. The number of para-hydroxylation sites is 1. The lowest BCUT2D eigenvalue weighted by Gasteiger charge is -2.02. The van der Waals surface area contributed by atoms with Crippen LogP contribution >= 0.6 is 11.8 Å². The maximum atomic E-state index is 10.7. The first kappa shape index (κ1) is 11.5. The molecule has 0 unspecified atom stereocenters. The van der Waals surface area contributed by atoms with Crippen molar-refractivity contribution in [1.82, 2.24) is 0 Å². The minimum absolute atomic E-state index is 0.0104. The second-order valence-corrected chi connectivity index (χ2v) is 3.88. The minimum Gasteiger partial charge on any atom is -0.481 e. The average Bonchev–Trinajstić information content (AvgIpc) is 2.13. The number of nitro groups is 1. The number of nitro benzene ring substituents is 1. The fourth-order valence-electron chi connectivity index (χ4n) is 1.12. The lowest BCUT2D eigenvalue weighted by molar-refractivity contribution is -0.388. The third kappa shape index (κ3) is 2.95. The van der Waals surface area contributed by atoms with E-state index in [1.165, 1.54) is 0 Å². The van der Waals surface area contributed by atoms with Crippen LogP contribution in [0.15, 0.2) is 23.1 Å². The summed E-state index contributed by atoms with van der Waals surface area (Å²) in [7, 11) is 0. The van der Waals surface area contributed by atoms with Crippen molar-refractivity contribution >= 4 is 23.4 Å². The van der Waals surface area contributed by atoms with Crippen LogP contribution in [0, 0.1) is 17.0 Å². The Morgan fingerprint density at radius 2 is 2.27 bits per heavy atom. The van der Waals surface area contributed by atoms with E-state index in [-0.39, 0.29) is 11.4 Å².